The summed E-state index contributed by atoms with van der Waals surface area (Å²) < 4.78 is 28.3. The van der Waals surface area contributed by atoms with Gasteiger partial charge in [0.25, 0.3) is 10.2 Å². The van der Waals surface area contributed by atoms with E-state index in [1.807, 2.05) is 0 Å². The van der Waals surface area contributed by atoms with Gasteiger partial charge < -0.3 is 5.32 Å². The van der Waals surface area contributed by atoms with Crippen molar-refractivity contribution in [3.05, 3.63) is 0 Å². The fraction of sp³-hybridized carbons (Fsp3) is 1.00. The summed E-state index contributed by atoms with van der Waals surface area (Å²) in [7, 11) is -3.19. The van der Waals surface area contributed by atoms with Crippen LogP contribution in [0.5, 0.6) is 0 Å². The number of nitrogens with one attached hydrogen (secondary N) is 1. The average Bonchev–Trinajstić information content (AvgIpc) is 3.12. The smallest absolute Gasteiger partial charge is 0.282 e. The lowest BCUT2D eigenvalue weighted by atomic mass is 10.2. The van der Waals surface area contributed by atoms with E-state index in [4.69, 9.17) is 0 Å². The fourth-order valence-electron chi connectivity index (χ4n) is 3.35. The molecular weight excluding hydrogens is 264 g/mol. The molecule has 0 aromatic heterocycles. The fourth-order valence-corrected chi connectivity index (χ4v) is 5.09. The zero-order valence-electron chi connectivity index (χ0n) is 11.4. The van der Waals surface area contributed by atoms with E-state index < -0.39 is 10.2 Å². The van der Waals surface area contributed by atoms with Crippen LogP contribution in [0.4, 0.5) is 0 Å². The molecule has 3 saturated heterocycles. The molecule has 19 heavy (non-hydrogen) atoms. The number of hydrogen-bond donors (Lipinski definition) is 1. The van der Waals surface area contributed by atoms with Crippen LogP contribution in [-0.4, -0.2) is 80.3 Å². The Kier molecular flexibility index (Phi) is 4.09. The maximum Gasteiger partial charge on any atom is 0.282 e. The third-order valence-electron chi connectivity index (χ3n) is 4.51. The van der Waals surface area contributed by atoms with Gasteiger partial charge in [-0.1, -0.05) is 0 Å². The zero-order valence-corrected chi connectivity index (χ0v) is 12.2. The molecule has 1 unspecified atom stereocenters. The molecule has 0 aromatic carbocycles. The van der Waals surface area contributed by atoms with E-state index in [9.17, 15) is 8.42 Å². The van der Waals surface area contributed by atoms with E-state index >= 15 is 0 Å². The van der Waals surface area contributed by atoms with Crippen molar-refractivity contribution in [3.8, 4) is 0 Å². The Morgan fingerprint density at radius 1 is 0.895 bits per heavy atom. The number of rotatable bonds is 3. The molecule has 1 atom stereocenters. The van der Waals surface area contributed by atoms with Crippen LogP contribution in [0.15, 0.2) is 0 Å². The van der Waals surface area contributed by atoms with Crippen molar-refractivity contribution in [1.82, 2.24) is 18.8 Å². The highest BCUT2D eigenvalue weighted by Gasteiger charge is 2.38. The van der Waals surface area contributed by atoms with Crippen molar-refractivity contribution in [2.45, 2.75) is 25.3 Å². The Morgan fingerprint density at radius 2 is 1.58 bits per heavy atom. The highest BCUT2D eigenvalue weighted by Crippen LogP contribution is 2.23. The lowest BCUT2D eigenvalue weighted by molar-refractivity contribution is 0.179. The van der Waals surface area contributed by atoms with Crippen LogP contribution in [0.2, 0.25) is 0 Å². The molecule has 0 aromatic rings. The minimum absolute atomic E-state index is 0.416. The minimum atomic E-state index is -3.19. The molecule has 0 spiro atoms. The van der Waals surface area contributed by atoms with Crippen molar-refractivity contribution in [3.63, 3.8) is 0 Å². The highest BCUT2D eigenvalue weighted by atomic mass is 32.2. The van der Waals surface area contributed by atoms with Gasteiger partial charge in [0.15, 0.2) is 0 Å². The van der Waals surface area contributed by atoms with Crippen molar-refractivity contribution in [2.24, 2.45) is 0 Å². The first-order chi connectivity index (χ1) is 9.18. The van der Waals surface area contributed by atoms with Crippen molar-refractivity contribution >= 4 is 10.2 Å². The predicted octanol–water partition coefficient (Wildman–Crippen LogP) is -0.693. The van der Waals surface area contributed by atoms with Gasteiger partial charge >= 0.3 is 0 Å². The van der Waals surface area contributed by atoms with Crippen molar-refractivity contribution in [1.29, 1.82) is 0 Å². The molecule has 0 amide bonds. The van der Waals surface area contributed by atoms with Gasteiger partial charge in [-0.15, -0.1) is 0 Å². The summed E-state index contributed by atoms with van der Waals surface area (Å²) in [4.78, 5) is 2.44. The van der Waals surface area contributed by atoms with Crippen LogP contribution in [-0.2, 0) is 10.2 Å². The van der Waals surface area contributed by atoms with E-state index in [1.165, 1.54) is 0 Å². The second kappa shape index (κ2) is 5.65. The van der Waals surface area contributed by atoms with Crippen LogP contribution in [0.25, 0.3) is 0 Å². The molecule has 0 radical (unpaired) electrons. The summed E-state index contributed by atoms with van der Waals surface area (Å²) in [5.41, 5.74) is 0. The Morgan fingerprint density at radius 3 is 2.26 bits per heavy atom. The first kappa shape index (κ1) is 13.8. The Labute approximate surface area is 115 Å². The van der Waals surface area contributed by atoms with Crippen LogP contribution < -0.4 is 5.32 Å². The third kappa shape index (κ3) is 2.80. The molecule has 110 valence electrons. The largest absolute Gasteiger partial charge is 0.314 e. The minimum Gasteiger partial charge on any atom is -0.314 e. The Hall–Kier alpha value is -0.210. The molecule has 0 saturated carbocycles. The zero-order chi connectivity index (χ0) is 13.3. The third-order valence-corrected chi connectivity index (χ3v) is 6.51. The van der Waals surface area contributed by atoms with Gasteiger partial charge in [0.05, 0.1) is 0 Å². The molecular formula is C12H24N4O2S. The number of nitrogens with zero attached hydrogens (tertiary/aromatic N) is 3. The molecule has 6 nitrogen and oxygen atoms in total. The van der Waals surface area contributed by atoms with Gasteiger partial charge in [-0.2, -0.15) is 17.0 Å². The van der Waals surface area contributed by atoms with Crippen LogP contribution >= 0.6 is 0 Å². The number of piperazine rings is 1. The lowest BCUT2D eigenvalue weighted by Gasteiger charge is -2.32. The second-order valence-corrected chi connectivity index (χ2v) is 7.63. The van der Waals surface area contributed by atoms with E-state index in [-0.39, 0.29) is 0 Å². The first-order valence-electron chi connectivity index (χ1n) is 7.38. The normalized spacial score (nSPS) is 32.1. The van der Waals surface area contributed by atoms with E-state index in [1.54, 1.807) is 8.61 Å². The number of hydrogen-bond acceptors (Lipinski definition) is 4. The van der Waals surface area contributed by atoms with Gasteiger partial charge in [0, 0.05) is 58.4 Å². The van der Waals surface area contributed by atoms with Gasteiger partial charge in [0.2, 0.25) is 0 Å². The van der Waals surface area contributed by atoms with Gasteiger partial charge in [-0.25, -0.2) is 0 Å². The van der Waals surface area contributed by atoms with Gasteiger partial charge in [-0.3, -0.25) is 4.90 Å². The lowest BCUT2D eigenvalue weighted by Crippen LogP contribution is -2.50. The average molecular weight is 288 g/mol. The molecule has 0 aliphatic carbocycles. The molecule has 3 aliphatic heterocycles. The maximum absolute atomic E-state index is 12.5. The molecule has 0 bridgehead atoms. The first-order valence-corrected chi connectivity index (χ1v) is 8.77. The monoisotopic (exact) mass is 288 g/mol. The summed E-state index contributed by atoms with van der Waals surface area (Å²) in [6.07, 6.45) is 3.00. The summed E-state index contributed by atoms with van der Waals surface area (Å²) in [5, 5.41) is 3.34. The SMILES string of the molecule is O=S(=O)(N1CCCC1)N1CCC(N2CCNCC2)C1. The maximum atomic E-state index is 12.5. The van der Waals surface area contributed by atoms with Gasteiger partial charge in [-0.05, 0) is 19.3 Å². The van der Waals surface area contributed by atoms with E-state index in [0.717, 1.165) is 45.4 Å². The van der Waals surface area contributed by atoms with Crippen LogP contribution in [0.1, 0.15) is 19.3 Å². The topological polar surface area (TPSA) is 55.9 Å². The molecule has 1 N–H and O–H groups in total. The summed E-state index contributed by atoms with van der Waals surface area (Å²) in [5.74, 6) is 0. The summed E-state index contributed by atoms with van der Waals surface area (Å²) in [6.45, 7) is 6.91. The highest BCUT2D eigenvalue weighted by molar-refractivity contribution is 7.86. The van der Waals surface area contributed by atoms with Crippen molar-refractivity contribution in [2.75, 3.05) is 52.4 Å². The van der Waals surface area contributed by atoms with Gasteiger partial charge in [0.1, 0.15) is 0 Å². The van der Waals surface area contributed by atoms with E-state index in [0.29, 0.717) is 32.2 Å². The molecule has 3 aliphatic rings. The second-order valence-electron chi connectivity index (χ2n) is 5.70. The molecule has 7 heteroatoms. The van der Waals surface area contributed by atoms with Crippen LogP contribution in [0.3, 0.4) is 0 Å². The summed E-state index contributed by atoms with van der Waals surface area (Å²) >= 11 is 0. The van der Waals surface area contributed by atoms with Crippen LogP contribution in [0, 0.1) is 0 Å². The molecule has 3 fully saturated rings. The Balaban J connectivity index is 1.61. The van der Waals surface area contributed by atoms with E-state index in [2.05, 4.69) is 10.2 Å². The Bertz CT molecular complexity index is 402. The quantitative estimate of drug-likeness (QED) is 0.747. The van der Waals surface area contributed by atoms with Crippen molar-refractivity contribution < 1.29 is 8.42 Å². The molecule has 3 heterocycles. The summed E-state index contributed by atoms with van der Waals surface area (Å²) in [6, 6.07) is 0.416. The molecule has 3 rings (SSSR count). The standard InChI is InChI=1S/C12H24N4O2S/c17-19(18,15-6-1-2-7-15)16-8-3-12(11-16)14-9-4-13-5-10-14/h12-13H,1-11H2. The predicted molar refractivity (Wildman–Crippen MR) is 74.1 cm³/mol.